The molecule has 12 heteroatoms. The summed E-state index contributed by atoms with van der Waals surface area (Å²) < 4.78 is 2.18. The number of halogens is 1. The number of piperidine rings is 1. The number of aromatic nitrogens is 3. The lowest BCUT2D eigenvalue weighted by Crippen LogP contribution is -2.55. The van der Waals surface area contributed by atoms with Gasteiger partial charge in [0.2, 0.25) is 0 Å². The van der Waals surface area contributed by atoms with Gasteiger partial charge in [0.15, 0.2) is 5.82 Å². The molecule has 328 valence electrons. The zero-order valence-electron chi connectivity index (χ0n) is 36.9. The minimum atomic E-state index is -0.909. The fraction of sp³-hybridized carbons (Fsp3) is 0.346. The van der Waals surface area contributed by atoms with E-state index in [-0.39, 0.29) is 6.04 Å². The van der Waals surface area contributed by atoms with Gasteiger partial charge < -0.3 is 20.0 Å². The van der Waals surface area contributed by atoms with Crippen molar-refractivity contribution in [3.63, 3.8) is 0 Å². The number of nitrogens with zero attached hydrogens (tertiary/aromatic N) is 7. The van der Waals surface area contributed by atoms with Gasteiger partial charge >= 0.3 is 5.97 Å². The lowest BCUT2D eigenvalue weighted by Gasteiger charge is -2.44. The number of carboxylic acid groups (broad SMARTS) is 1. The first kappa shape index (κ1) is 42.4. The number of aliphatic imine (C=N–C) groups is 1. The van der Waals surface area contributed by atoms with Crippen molar-refractivity contribution in [3.05, 3.63) is 157 Å². The Kier molecular flexibility index (Phi) is 11.3. The number of hydrogen-bond donors (Lipinski definition) is 2. The van der Waals surface area contributed by atoms with Crippen LogP contribution in [0.4, 0.5) is 11.4 Å². The molecule has 0 saturated carbocycles. The Morgan fingerprint density at radius 3 is 2.17 bits per heavy atom. The maximum Gasteiger partial charge on any atom is 0.335 e. The van der Waals surface area contributed by atoms with Crippen LogP contribution in [0, 0.1) is 20.8 Å². The number of hydrogen-bond acceptors (Lipinski definition) is 9. The highest BCUT2D eigenvalue weighted by atomic mass is 35.5. The Morgan fingerprint density at radius 1 is 0.812 bits per heavy atom. The molecule has 6 aromatic rings. The molecule has 0 radical (unpaired) electrons. The highest BCUT2D eigenvalue weighted by Crippen LogP contribution is 2.43. The average molecular weight is 893 g/mol. The van der Waals surface area contributed by atoms with Crippen LogP contribution in [-0.4, -0.2) is 93.0 Å². The van der Waals surface area contributed by atoms with Crippen LogP contribution in [-0.2, 0) is 6.42 Å². The van der Waals surface area contributed by atoms with Crippen molar-refractivity contribution < 1.29 is 15.0 Å². The summed E-state index contributed by atoms with van der Waals surface area (Å²) in [6.07, 6.45) is 4.01. The van der Waals surface area contributed by atoms with E-state index >= 15 is 0 Å². The van der Waals surface area contributed by atoms with Crippen molar-refractivity contribution in [2.24, 2.45) is 4.99 Å². The number of β-amino-alcohol motifs (C(OH)–C–C–N with tert-alkyl or cyclic N) is 1. The largest absolute Gasteiger partial charge is 0.478 e. The monoisotopic (exact) mass is 891 g/mol. The molecule has 2 saturated heterocycles. The number of aromatic carboxylic acids is 1. The molecule has 2 aromatic heterocycles. The number of aliphatic hydroxyl groups is 1. The van der Waals surface area contributed by atoms with Crippen molar-refractivity contribution in [2.45, 2.75) is 71.4 Å². The molecule has 0 unspecified atom stereocenters. The van der Waals surface area contributed by atoms with Gasteiger partial charge in [0, 0.05) is 78.2 Å². The second-order valence-electron chi connectivity index (χ2n) is 18.0. The van der Waals surface area contributed by atoms with Gasteiger partial charge in [-0.3, -0.25) is 14.5 Å². The second kappa shape index (κ2) is 17.1. The first-order valence-electron chi connectivity index (χ1n) is 22.6. The summed E-state index contributed by atoms with van der Waals surface area (Å²) in [6, 6.07) is 31.1. The molecule has 4 aliphatic rings. The third-order valence-corrected chi connectivity index (χ3v) is 15.5. The van der Waals surface area contributed by atoms with Gasteiger partial charge in [-0.05, 0) is 141 Å². The number of allylic oxidation sites excluding steroid dienone is 1. The predicted molar refractivity (Wildman–Crippen MR) is 259 cm³/mol. The zero-order chi connectivity index (χ0) is 44.3. The summed E-state index contributed by atoms with van der Waals surface area (Å²) in [5.41, 5.74) is 13.0. The fourth-order valence-electron chi connectivity index (χ4n) is 10.3. The topological polar surface area (TPSA) is 110 Å². The number of piperazine rings is 1. The van der Waals surface area contributed by atoms with E-state index in [1.807, 2.05) is 37.3 Å². The van der Waals surface area contributed by atoms with E-state index in [4.69, 9.17) is 16.6 Å². The predicted octanol–water partition coefficient (Wildman–Crippen LogP) is 9.97. The van der Waals surface area contributed by atoms with Crippen LogP contribution in [0.3, 0.4) is 0 Å². The molecule has 1 aliphatic carbocycles. The normalized spacial score (nSPS) is 18.8. The summed E-state index contributed by atoms with van der Waals surface area (Å²) in [7, 11) is 0. The number of benzene rings is 4. The van der Waals surface area contributed by atoms with Crippen LogP contribution in [0.2, 0.25) is 5.02 Å². The molecule has 0 bridgehead atoms. The molecule has 2 N–H and O–H groups in total. The SMILES string of the molecule is Cc1sc2c(c1C)C(c1ccc(N3CCC(O)(CN4CCN(c5ccc(C6=C(c7ccccc7Cl)CCCc7cc(C(=O)O)ccc76)cc5)CC4)CC3)cc1)=N[C@@H](C)c1nnc(C)n1-2. The molecular formula is C52H54ClN7O3S. The van der Waals surface area contributed by atoms with Crippen LogP contribution >= 0.6 is 22.9 Å². The van der Waals surface area contributed by atoms with Crippen molar-refractivity contribution in [3.8, 4) is 5.00 Å². The summed E-state index contributed by atoms with van der Waals surface area (Å²) in [4.78, 5) is 25.7. The quantitative estimate of drug-likeness (QED) is 0.156. The molecule has 10 nitrogen and oxygen atoms in total. The number of carbonyl (C=O) groups is 1. The van der Waals surface area contributed by atoms with Gasteiger partial charge in [-0.25, -0.2) is 4.79 Å². The molecular weight excluding hydrogens is 838 g/mol. The first-order valence-corrected chi connectivity index (χ1v) is 23.7. The van der Waals surface area contributed by atoms with Gasteiger partial charge in [0.05, 0.1) is 16.9 Å². The Morgan fingerprint density at radius 2 is 1.48 bits per heavy atom. The number of thiophene rings is 1. The van der Waals surface area contributed by atoms with Gasteiger partial charge in [0.1, 0.15) is 16.9 Å². The molecule has 64 heavy (non-hydrogen) atoms. The van der Waals surface area contributed by atoms with Gasteiger partial charge in [0.25, 0.3) is 0 Å². The average Bonchev–Trinajstić information content (AvgIpc) is 3.70. The molecule has 1 atom stereocenters. The minimum absolute atomic E-state index is 0.118. The molecule has 5 heterocycles. The number of anilines is 2. The Hall–Kier alpha value is -5.59. The summed E-state index contributed by atoms with van der Waals surface area (Å²) in [6.45, 7) is 14.3. The molecule has 3 aliphatic heterocycles. The van der Waals surface area contributed by atoms with E-state index in [0.717, 1.165) is 132 Å². The van der Waals surface area contributed by atoms with Crippen LogP contribution in [0.25, 0.3) is 16.1 Å². The molecule has 0 amide bonds. The van der Waals surface area contributed by atoms with Crippen LogP contribution in [0.5, 0.6) is 0 Å². The standard InChI is InChI=1S/C52H54ClN7O3S/c1-32-34(3)64-50-46(32)48(54-33(2)49-56-55-35(4)60(49)50)37-14-19-40(20-15-37)58-24-22-52(63,23-25-58)31-57-26-28-59(29-27-57)41-17-12-36(13-18-41)47-42-21-16-39(51(61)62)30-38(42)8-7-10-44(47)43-9-5-6-11-45(43)53/h5-6,9,11-21,30,33,63H,7-8,10,22-29,31H2,1-4H3,(H,61,62)/t33-/m0/s1. The van der Waals surface area contributed by atoms with E-state index < -0.39 is 11.6 Å². The Labute approximate surface area is 384 Å². The van der Waals surface area contributed by atoms with E-state index in [1.165, 1.54) is 33.0 Å². The highest BCUT2D eigenvalue weighted by Gasteiger charge is 2.36. The van der Waals surface area contributed by atoms with Crippen molar-refractivity contribution >= 4 is 57.1 Å². The van der Waals surface area contributed by atoms with Crippen molar-refractivity contribution in [2.75, 3.05) is 55.6 Å². The maximum atomic E-state index is 11.9. The summed E-state index contributed by atoms with van der Waals surface area (Å²) in [5.74, 6) is 0.849. The first-order chi connectivity index (χ1) is 30.9. The van der Waals surface area contributed by atoms with Crippen molar-refractivity contribution in [1.29, 1.82) is 0 Å². The summed E-state index contributed by atoms with van der Waals surface area (Å²) >= 11 is 8.59. The maximum absolute atomic E-state index is 11.9. The van der Waals surface area contributed by atoms with Gasteiger partial charge in [-0.15, -0.1) is 21.5 Å². The lowest BCUT2D eigenvalue weighted by atomic mass is 9.87. The number of fused-ring (bicyclic) bond motifs is 4. The van der Waals surface area contributed by atoms with Gasteiger partial charge in [-0.2, -0.15) is 0 Å². The van der Waals surface area contributed by atoms with E-state index in [0.29, 0.717) is 12.1 Å². The van der Waals surface area contributed by atoms with E-state index in [1.54, 1.807) is 17.4 Å². The second-order valence-corrected chi connectivity index (χ2v) is 19.6. The van der Waals surface area contributed by atoms with Crippen LogP contribution in [0.15, 0.2) is 96.0 Å². The Balaban J connectivity index is 0.783. The number of aryl methyl sites for hydroxylation is 3. The van der Waals surface area contributed by atoms with E-state index in [2.05, 4.69) is 105 Å². The molecule has 4 aromatic carbocycles. The molecule has 10 rings (SSSR count). The van der Waals surface area contributed by atoms with Crippen LogP contribution < -0.4 is 9.80 Å². The molecule has 0 spiro atoms. The van der Waals surface area contributed by atoms with Crippen LogP contribution in [0.1, 0.15) is 104 Å². The third-order valence-electron chi connectivity index (χ3n) is 14.0. The highest BCUT2D eigenvalue weighted by molar-refractivity contribution is 7.15. The zero-order valence-corrected chi connectivity index (χ0v) is 38.5. The summed E-state index contributed by atoms with van der Waals surface area (Å²) in [5, 5.41) is 32.4. The fourth-order valence-corrected chi connectivity index (χ4v) is 11.8. The van der Waals surface area contributed by atoms with E-state index in [9.17, 15) is 15.0 Å². The number of carboxylic acids is 1. The number of rotatable bonds is 8. The Bertz CT molecular complexity index is 2810. The minimum Gasteiger partial charge on any atom is -0.478 e. The molecule has 2 fully saturated rings. The lowest BCUT2D eigenvalue weighted by molar-refractivity contribution is -0.0173. The smallest absolute Gasteiger partial charge is 0.335 e. The van der Waals surface area contributed by atoms with Gasteiger partial charge in [-0.1, -0.05) is 60.1 Å². The third kappa shape index (κ3) is 7.86. The van der Waals surface area contributed by atoms with Crippen molar-refractivity contribution in [1.82, 2.24) is 19.7 Å².